The van der Waals surface area contributed by atoms with E-state index in [9.17, 15) is 0 Å². The van der Waals surface area contributed by atoms with E-state index in [4.69, 9.17) is 4.74 Å². The highest BCUT2D eigenvalue weighted by Crippen LogP contribution is 2.10. The SMILES string of the molecule is c1ccc(/N=C2\NCCCO2)cc1. The van der Waals surface area contributed by atoms with Gasteiger partial charge in [-0.2, -0.15) is 4.99 Å². The maximum Gasteiger partial charge on any atom is 0.289 e. The molecule has 1 N–H and O–H groups in total. The van der Waals surface area contributed by atoms with Gasteiger partial charge in [0.2, 0.25) is 0 Å². The highest BCUT2D eigenvalue weighted by molar-refractivity contribution is 5.77. The third-order valence-electron chi connectivity index (χ3n) is 1.82. The van der Waals surface area contributed by atoms with Gasteiger partial charge in [-0.1, -0.05) is 18.2 Å². The van der Waals surface area contributed by atoms with Crippen LogP contribution in [0.4, 0.5) is 5.69 Å². The molecule has 0 radical (unpaired) electrons. The average Bonchev–Trinajstić information content (AvgIpc) is 2.21. The first kappa shape index (κ1) is 8.10. The maximum atomic E-state index is 5.32. The summed E-state index contributed by atoms with van der Waals surface area (Å²) in [5, 5.41) is 3.10. The Labute approximate surface area is 77.4 Å². The van der Waals surface area contributed by atoms with Gasteiger partial charge in [0, 0.05) is 6.54 Å². The molecule has 1 saturated heterocycles. The van der Waals surface area contributed by atoms with Crippen molar-refractivity contribution in [3.8, 4) is 0 Å². The lowest BCUT2D eigenvalue weighted by atomic mass is 10.3. The predicted octanol–water partition coefficient (Wildman–Crippen LogP) is 1.68. The van der Waals surface area contributed by atoms with E-state index >= 15 is 0 Å². The lowest BCUT2D eigenvalue weighted by Gasteiger charge is -2.16. The first-order valence-corrected chi connectivity index (χ1v) is 4.45. The summed E-state index contributed by atoms with van der Waals surface area (Å²) in [6.45, 7) is 1.71. The highest BCUT2D eigenvalue weighted by atomic mass is 16.5. The zero-order valence-electron chi connectivity index (χ0n) is 7.36. The Morgan fingerprint density at radius 2 is 2.08 bits per heavy atom. The zero-order valence-corrected chi connectivity index (χ0v) is 7.36. The number of aliphatic imine (C=N–C) groups is 1. The summed E-state index contributed by atoms with van der Waals surface area (Å²) < 4.78 is 5.32. The fourth-order valence-corrected chi connectivity index (χ4v) is 1.18. The number of rotatable bonds is 1. The van der Waals surface area contributed by atoms with Gasteiger partial charge in [-0.05, 0) is 18.6 Å². The number of para-hydroxylation sites is 1. The summed E-state index contributed by atoms with van der Waals surface area (Å²) >= 11 is 0. The van der Waals surface area contributed by atoms with Gasteiger partial charge in [0.15, 0.2) is 0 Å². The topological polar surface area (TPSA) is 33.6 Å². The molecule has 0 spiro atoms. The van der Waals surface area contributed by atoms with Crippen LogP contribution < -0.4 is 5.32 Å². The predicted molar refractivity (Wildman–Crippen MR) is 52.1 cm³/mol. The Balaban J connectivity index is 2.10. The van der Waals surface area contributed by atoms with E-state index in [1.165, 1.54) is 0 Å². The Kier molecular flexibility index (Phi) is 2.45. The van der Waals surface area contributed by atoms with Crippen molar-refractivity contribution in [1.29, 1.82) is 0 Å². The standard InChI is InChI=1S/C10H12N2O/c1-2-5-9(6-3-1)12-10-11-7-4-8-13-10/h1-3,5-6H,4,7-8H2,(H,11,12). The molecule has 0 atom stereocenters. The van der Waals surface area contributed by atoms with E-state index in [1.807, 2.05) is 30.3 Å². The van der Waals surface area contributed by atoms with E-state index in [2.05, 4.69) is 10.3 Å². The van der Waals surface area contributed by atoms with Crippen LogP contribution in [0.15, 0.2) is 35.3 Å². The summed E-state index contributed by atoms with van der Waals surface area (Å²) in [6.07, 6.45) is 1.05. The van der Waals surface area contributed by atoms with Gasteiger partial charge in [-0.15, -0.1) is 0 Å². The van der Waals surface area contributed by atoms with Gasteiger partial charge >= 0.3 is 0 Å². The molecule has 0 unspecified atom stereocenters. The fourth-order valence-electron chi connectivity index (χ4n) is 1.18. The number of ether oxygens (including phenoxy) is 1. The molecule has 0 bridgehead atoms. The molecule has 1 aliphatic heterocycles. The second-order valence-electron chi connectivity index (χ2n) is 2.88. The minimum atomic E-state index is 0.637. The van der Waals surface area contributed by atoms with Crippen molar-refractivity contribution in [2.75, 3.05) is 13.2 Å². The van der Waals surface area contributed by atoms with Crippen LogP contribution in [0, 0.1) is 0 Å². The fraction of sp³-hybridized carbons (Fsp3) is 0.300. The minimum Gasteiger partial charge on any atom is -0.465 e. The van der Waals surface area contributed by atoms with Gasteiger partial charge < -0.3 is 10.1 Å². The van der Waals surface area contributed by atoms with Crippen LogP contribution >= 0.6 is 0 Å². The molecule has 1 fully saturated rings. The number of amidine groups is 1. The van der Waals surface area contributed by atoms with Crippen molar-refractivity contribution in [3.63, 3.8) is 0 Å². The van der Waals surface area contributed by atoms with Crippen LogP contribution in [-0.2, 0) is 4.74 Å². The second kappa shape index (κ2) is 3.94. The Hall–Kier alpha value is -1.51. The van der Waals surface area contributed by atoms with Crippen LogP contribution in [0.3, 0.4) is 0 Å². The molecule has 1 heterocycles. The minimum absolute atomic E-state index is 0.637. The van der Waals surface area contributed by atoms with E-state index in [1.54, 1.807) is 0 Å². The molecule has 0 amide bonds. The summed E-state index contributed by atoms with van der Waals surface area (Å²) in [7, 11) is 0. The van der Waals surface area contributed by atoms with Crippen LogP contribution in [0.2, 0.25) is 0 Å². The zero-order chi connectivity index (χ0) is 8.93. The van der Waals surface area contributed by atoms with Crippen molar-refractivity contribution in [3.05, 3.63) is 30.3 Å². The number of nitrogens with one attached hydrogen (secondary N) is 1. The lowest BCUT2D eigenvalue weighted by molar-refractivity contribution is 0.257. The molecule has 68 valence electrons. The highest BCUT2D eigenvalue weighted by Gasteiger charge is 2.05. The molecule has 0 aliphatic carbocycles. The Morgan fingerprint density at radius 1 is 1.23 bits per heavy atom. The first-order valence-electron chi connectivity index (χ1n) is 4.45. The van der Waals surface area contributed by atoms with Crippen LogP contribution in [0.25, 0.3) is 0 Å². The molecular formula is C10H12N2O. The Morgan fingerprint density at radius 3 is 2.77 bits per heavy atom. The normalized spacial score (nSPS) is 19.2. The number of hydrogen-bond acceptors (Lipinski definition) is 2. The van der Waals surface area contributed by atoms with Gasteiger partial charge in [-0.25, -0.2) is 0 Å². The van der Waals surface area contributed by atoms with Gasteiger partial charge in [0.1, 0.15) is 0 Å². The van der Waals surface area contributed by atoms with E-state index in [0.717, 1.165) is 25.3 Å². The summed E-state index contributed by atoms with van der Waals surface area (Å²) in [5.41, 5.74) is 0.923. The number of nitrogens with zero attached hydrogens (tertiary/aromatic N) is 1. The monoisotopic (exact) mass is 176 g/mol. The van der Waals surface area contributed by atoms with E-state index in [0.29, 0.717) is 6.02 Å². The molecule has 1 aromatic rings. The third kappa shape index (κ3) is 2.21. The largest absolute Gasteiger partial charge is 0.465 e. The Bertz CT molecular complexity index is 287. The van der Waals surface area contributed by atoms with Crippen molar-refractivity contribution >= 4 is 11.7 Å². The lowest BCUT2D eigenvalue weighted by Crippen LogP contribution is -2.33. The van der Waals surface area contributed by atoms with Crippen molar-refractivity contribution < 1.29 is 4.74 Å². The van der Waals surface area contributed by atoms with Gasteiger partial charge in [0.25, 0.3) is 6.02 Å². The number of benzene rings is 1. The molecule has 0 aromatic heterocycles. The van der Waals surface area contributed by atoms with Crippen LogP contribution in [-0.4, -0.2) is 19.2 Å². The molecule has 3 heteroatoms. The molecule has 1 aliphatic rings. The number of hydrogen-bond donors (Lipinski definition) is 1. The second-order valence-corrected chi connectivity index (χ2v) is 2.88. The van der Waals surface area contributed by atoms with E-state index in [-0.39, 0.29) is 0 Å². The van der Waals surface area contributed by atoms with Crippen molar-refractivity contribution in [1.82, 2.24) is 5.32 Å². The molecule has 1 aromatic carbocycles. The van der Waals surface area contributed by atoms with Crippen molar-refractivity contribution in [2.45, 2.75) is 6.42 Å². The van der Waals surface area contributed by atoms with Crippen LogP contribution in [0.5, 0.6) is 0 Å². The quantitative estimate of drug-likeness (QED) is 0.706. The van der Waals surface area contributed by atoms with E-state index < -0.39 is 0 Å². The van der Waals surface area contributed by atoms with Crippen LogP contribution in [0.1, 0.15) is 6.42 Å². The molecular weight excluding hydrogens is 164 g/mol. The molecule has 2 rings (SSSR count). The molecule has 0 saturated carbocycles. The summed E-state index contributed by atoms with van der Waals surface area (Å²) in [5.74, 6) is 0. The van der Waals surface area contributed by atoms with Crippen molar-refractivity contribution in [2.24, 2.45) is 4.99 Å². The molecule has 13 heavy (non-hydrogen) atoms. The third-order valence-corrected chi connectivity index (χ3v) is 1.82. The first-order chi connectivity index (χ1) is 6.45. The summed E-state index contributed by atoms with van der Waals surface area (Å²) in [6, 6.07) is 10.4. The van der Waals surface area contributed by atoms with Gasteiger partial charge in [-0.3, -0.25) is 0 Å². The maximum absolute atomic E-state index is 5.32. The molecule has 3 nitrogen and oxygen atoms in total. The average molecular weight is 176 g/mol. The summed E-state index contributed by atoms with van der Waals surface area (Å²) in [4.78, 5) is 4.30. The smallest absolute Gasteiger partial charge is 0.289 e. The van der Waals surface area contributed by atoms with Gasteiger partial charge in [0.05, 0.1) is 12.3 Å².